The Morgan fingerprint density at radius 1 is 1.37 bits per heavy atom. The lowest BCUT2D eigenvalue weighted by atomic mass is 10.3. The van der Waals surface area contributed by atoms with Gasteiger partial charge in [-0.2, -0.15) is 0 Å². The van der Waals surface area contributed by atoms with Gasteiger partial charge in [-0.25, -0.2) is 4.98 Å². The van der Waals surface area contributed by atoms with E-state index in [4.69, 9.17) is 0 Å². The molecule has 5 nitrogen and oxygen atoms in total. The van der Waals surface area contributed by atoms with Crippen LogP contribution in [-0.2, 0) is 11.3 Å². The zero-order valence-corrected chi connectivity index (χ0v) is 11.4. The molecule has 2 N–H and O–H groups in total. The number of rotatable bonds is 6. The number of nitrogens with one attached hydrogen (secondary N) is 2. The second-order valence-electron chi connectivity index (χ2n) is 4.42. The van der Waals surface area contributed by atoms with Crippen molar-refractivity contribution in [1.29, 1.82) is 0 Å². The van der Waals surface area contributed by atoms with Crippen LogP contribution in [0.1, 0.15) is 19.8 Å². The van der Waals surface area contributed by atoms with Crippen LogP contribution in [-0.4, -0.2) is 29.1 Å². The fraction of sp³-hybridized carbons (Fsp3) is 0.429. The van der Waals surface area contributed by atoms with Crippen molar-refractivity contribution >= 4 is 22.9 Å². The highest BCUT2D eigenvalue weighted by Gasteiger charge is 2.11. The highest BCUT2D eigenvalue weighted by molar-refractivity contribution is 5.91. The molecule has 0 unspecified atom stereocenters. The molecule has 2 aromatic rings. The van der Waals surface area contributed by atoms with E-state index in [1.54, 1.807) is 0 Å². The SMILES string of the molecule is CCn1c(NC(=O)CCCNC)nc2ccccc21. The van der Waals surface area contributed by atoms with E-state index in [1.165, 1.54) is 0 Å². The molecule has 2 rings (SSSR count). The minimum atomic E-state index is 0.0141. The minimum absolute atomic E-state index is 0.0141. The van der Waals surface area contributed by atoms with Gasteiger partial charge >= 0.3 is 0 Å². The molecule has 19 heavy (non-hydrogen) atoms. The summed E-state index contributed by atoms with van der Waals surface area (Å²) in [5.41, 5.74) is 1.96. The smallest absolute Gasteiger partial charge is 0.226 e. The molecule has 0 aliphatic carbocycles. The van der Waals surface area contributed by atoms with E-state index in [0.29, 0.717) is 12.4 Å². The molecule has 0 radical (unpaired) electrons. The Morgan fingerprint density at radius 3 is 2.89 bits per heavy atom. The van der Waals surface area contributed by atoms with Crippen molar-refractivity contribution < 1.29 is 4.79 Å². The van der Waals surface area contributed by atoms with E-state index in [2.05, 4.69) is 15.6 Å². The molecule has 0 bridgehead atoms. The summed E-state index contributed by atoms with van der Waals surface area (Å²) in [4.78, 5) is 16.3. The lowest BCUT2D eigenvalue weighted by molar-refractivity contribution is -0.116. The van der Waals surface area contributed by atoms with Crippen LogP contribution in [0.2, 0.25) is 0 Å². The Labute approximate surface area is 113 Å². The third kappa shape index (κ3) is 3.12. The van der Waals surface area contributed by atoms with Crippen LogP contribution < -0.4 is 10.6 Å². The van der Waals surface area contributed by atoms with E-state index < -0.39 is 0 Å². The maximum absolute atomic E-state index is 11.8. The standard InChI is InChI=1S/C14H20N4O/c1-3-18-12-8-5-4-7-11(12)16-14(18)17-13(19)9-6-10-15-2/h4-5,7-8,15H,3,6,9-10H2,1-2H3,(H,16,17,19). The van der Waals surface area contributed by atoms with Gasteiger partial charge in [0.15, 0.2) is 0 Å². The average Bonchev–Trinajstić information content (AvgIpc) is 2.76. The fourth-order valence-electron chi connectivity index (χ4n) is 2.10. The molecule has 1 amide bonds. The zero-order chi connectivity index (χ0) is 13.7. The summed E-state index contributed by atoms with van der Waals surface area (Å²) >= 11 is 0. The summed E-state index contributed by atoms with van der Waals surface area (Å²) in [5.74, 6) is 0.651. The Balaban J connectivity index is 2.13. The van der Waals surface area contributed by atoms with Crippen molar-refractivity contribution in [3.05, 3.63) is 24.3 Å². The monoisotopic (exact) mass is 260 g/mol. The van der Waals surface area contributed by atoms with Gasteiger partial charge in [0.1, 0.15) is 0 Å². The molecular formula is C14H20N4O. The van der Waals surface area contributed by atoms with Crippen molar-refractivity contribution in [3.8, 4) is 0 Å². The Bertz CT molecular complexity index is 562. The number of benzene rings is 1. The number of aromatic nitrogens is 2. The van der Waals surface area contributed by atoms with Crippen molar-refractivity contribution in [2.45, 2.75) is 26.3 Å². The van der Waals surface area contributed by atoms with Crippen molar-refractivity contribution in [1.82, 2.24) is 14.9 Å². The van der Waals surface area contributed by atoms with Crippen LogP contribution in [0.4, 0.5) is 5.95 Å². The topological polar surface area (TPSA) is 59.0 Å². The van der Waals surface area contributed by atoms with Crippen LogP contribution in [0.3, 0.4) is 0 Å². The molecular weight excluding hydrogens is 240 g/mol. The molecule has 1 aromatic carbocycles. The van der Waals surface area contributed by atoms with Crippen molar-refractivity contribution in [3.63, 3.8) is 0 Å². The van der Waals surface area contributed by atoms with Gasteiger partial charge in [0.05, 0.1) is 11.0 Å². The van der Waals surface area contributed by atoms with Crippen LogP contribution in [0.5, 0.6) is 0 Å². The van der Waals surface area contributed by atoms with Gasteiger partial charge < -0.3 is 9.88 Å². The number of carbonyl (C=O) groups excluding carboxylic acids is 1. The second kappa shape index (κ2) is 6.33. The molecule has 0 aliphatic rings. The first-order valence-electron chi connectivity index (χ1n) is 6.66. The number of hydrogen-bond acceptors (Lipinski definition) is 3. The number of amides is 1. The molecule has 102 valence electrons. The number of carbonyl (C=O) groups is 1. The van der Waals surface area contributed by atoms with E-state index in [-0.39, 0.29) is 5.91 Å². The average molecular weight is 260 g/mol. The van der Waals surface area contributed by atoms with Crippen molar-refractivity contribution in [2.75, 3.05) is 18.9 Å². The third-order valence-electron chi connectivity index (χ3n) is 3.05. The maximum Gasteiger partial charge on any atom is 0.226 e. The Hall–Kier alpha value is -1.88. The summed E-state index contributed by atoms with van der Waals surface area (Å²) in [6.45, 7) is 3.68. The molecule has 1 aromatic heterocycles. The zero-order valence-electron chi connectivity index (χ0n) is 11.4. The summed E-state index contributed by atoms with van der Waals surface area (Å²) < 4.78 is 2.02. The predicted octanol–water partition coefficient (Wildman–Crippen LogP) is 1.99. The van der Waals surface area contributed by atoms with Gasteiger partial charge in [0.2, 0.25) is 11.9 Å². The molecule has 5 heteroatoms. The van der Waals surface area contributed by atoms with Crippen LogP contribution in [0.15, 0.2) is 24.3 Å². The Kier molecular flexibility index (Phi) is 4.52. The number of anilines is 1. The number of nitrogens with zero attached hydrogens (tertiary/aromatic N) is 2. The minimum Gasteiger partial charge on any atom is -0.320 e. The van der Waals surface area contributed by atoms with Crippen molar-refractivity contribution in [2.24, 2.45) is 0 Å². The molecule has 0 saturated heterocycles. The lowest BCUT2D eigenvalue weighted by Crippen LogP contribution is -2.17. The number of hydrogen-bond donors (Lipinski definition) is 2. The quantitative estimate of drug-likeness (QED) is 0.781. The molecule has 0 fully saturated rings. The summed E-state index contributed by atoms with van der Waals surface area (Å²) in [7, 11) is 1.88. The highest BCUT2D eigenvalue weighted by Crippen LogP contribution is 2.19. The molecule has 0 spiro atoms. The first-order valence-corrected chi connectivity index (χ1v) is 6.66. The van der Waals surface area contributed by atoms with E-state index in [9.17, 15) is 4.79 Å². The number of fused-ring (bicyclic) bond motifs is 1. The van der Waals surface area contributed by atoms with Gasteiger partial charge in [0.25, 0.3) is 0 Å². The first kappa shape index (κ1) is 13.5. The number of aryl methyl sites for hydroxylation is 1. The van der Waals surface area contributed by atoms with Gasteiger partial charge in [-0.1, -0.05) is 12.1 Å². The maximum atomic E-state index is 11.8. The lowest BCUT2D eigenvalue weighted by Gasteiger charge is -2.07. The third-order valence-corrected chi connectivity index (χ3v) is 3.05. The molecule has 0 saturated carbocycles. The van der Waals surface area contributed by atoms with Crippen LogP contribution >= 0.6 is 0 Å². The van der Waals surface area contributed by atoms with Gasteiger partial charge in [-0.15, -0.1) is 0 Å². The number of para-hydroxylation sites is 2. The first-order chi connectivity index (χ1) is 9.26. The predicted molar refractivity (Wildman–Crippen MR) is 77.2 cm³/mol. The van der Waals surface area contributed by atoms with Crippen LogP contribution in [0.25, 0.3) is 11.0 Å². The van der Waals surface area contributed by atoms with E-state index >= 15 is 0 Å². The summed E-state index contributed by atoms with van der Waals surface area (Å²) in [6.07, 6.45) is 1.34. The summed E-state index contributed by atoms with van der Waals surface area (Å²) in [6, 6.07) is 7.91. The second-order valence-corrected chi connectivity index (χ2v) is 4.42. The largest absolute Gasteiger partial charge is 0.320 e. The number of imidazole rings is 1. The molecule has 0 atom stereocenters. The summed E-state index contributed by atoms with van der Waals surface area (Å²) in [5, 5.41) is 5.93. The van der Waals surface area contributed by atoms with Gasteiger partial charge in [0, 0.05) is 13.0 Å². The Morgan fingerprint density at radius 2 is 2.16 bits per heavy atom. The molecule has 1 heterocycles. The van der Waals surface area contributed by atoms with Gasteiger partial charge in [-0.3, -0.25) is 10.1 Å². The van der Waals surface area contributed by atoms with Crippen LogP contribution in [0, 0.1) is 0 Å². The van der Waals surface area contributed by atoms with Gasteiger partial charge in [-0.05, 0) is 39.1 Å². The fourth-order valence-corrected chi connectivity index (χ4v) is 2.10. The normalized spacial score (nSPS) is 10.8. The highest BCUT2D eigenvalue weighted by atomic mass is 16.1. The van der Waals surface area contributed by atoms with E-state index in [0.717, 1.165) is 30.5 Å². The molecule has 0 aliphatic heterocycles. The van der Waals surface area contributed by atoms with E-state index in [1.807, 2.05) is 42.8 Å².